The Morgan fingerprint density at radius 2 is 1.73 bits per heavy atom. The molecule has 1 saturated carbocycles. The summed E-state index contributed by atoms with van der Waals surface area (Å²) in [6.45, 7) is 5.84. The van der Waals surface area contributed by atoms with Gasteiger partial charge in [-0.2, -0.15) is 5.48 Å². The number of ether oxygens (including phenoxy) is 2. The van der Waals surface area contributed by atoms with Crippen molar-refractivity contribution in [1.82, 2.24) is 5.48 Å². The van der Waals surface area contributed by atoms with Crippen molar-refractivity contribution in [3.05, 3.63) is 0 Å². The second kappa shape index (κ2) is 8.05. The second-order valence-electron chi connectivity index (χ2n) is 3.71. The molecular formula is C11H23NO3. The fraction of sp³-hybridized carbons (Fsp3) is 1.00. The molecule has 1 N–H and O–H groups in total. The minimum Gasteiger partial charge on any atom is -0.351 e. The van der Waals surface area contributed by atoms with Crippen LogP contribution in [0.3, 0.4) is 0 Å². The Morgan fingerprint density at radius 3 is 2.27 bits per heavy atom. The number of hydrogen-bond acceptors (Lipinski definition) is 4. The van der Waals surface area contributed by atoms with E-state index in [1.807, 2.05) is 13.8 Å². The maximum atomic E-state index is 5.52. The Bertz CT molecular complexity index is 143. The van der Waals surface area contributed by atoms with Crippen LogP contribution >= 0.6 is 0 Å². The van der Waals surface area contributed by atoms with Gasteiger partial charge in [-0.15, -0.1) is 0 Å². The summed E-state index contributed by atoms with van der Waals surface area (Å²) in [5.41, 5.74) is 2.95. The maximum Gasteiger partial charge on any atom is 0.172 e. The first-order valence-electron chi connectivity index (χ1n) is 5.98. The van der Waals surface area contributed by atoms with E-state index in [0.717, 1.165) is 0 Å². The van der Waals surface area contributed by atoms with Crippen molar-refractivity contribution in [3.8, 4) is 0 Å². The molecule has 0 saturated heterocycles. The lowest BCUT2D eigenvalue weighted by atomic mass is 10.3. The fourth-order valence-corrected chi connectivity index (χ4v) is 1.78. The summed E-state index contributed by atoms with van der Waals surface area (Å²) in [6.07, 6.45) is 5.09. The van der Waals surface area contributed by atoms with Gasteiger partial charge in [-0.1, -0.05) is 12.8 Å². The van der Waals surface area contributed by atoms with Crippen LogP contribution in [0.2, 0.25) is 0 Å². The monoisotopic (exact) mass is 217 g/mol. The second-order valence-corrected chi connectivity index (χ2v) is 3.71. The van der Waals surface area contributed by atoms with E-state index >= 15 is 0 Å². The van der Waals surface area contributed by atoms with E-state index in [9.17, 15) is 0 Å². The van der Waals surface area contributed by atoms with Gasteiger partial charge >= 0.3 is 0 Å². The highest BCUT2D eigenvalue weighted by Gasteiger charge is 2.16. The van der Waals surface area contributed by atoms with E-state index in [0.29, 0.717) is 25.9 Å². The number of rotatable bonds is 8. The minimum atomic E-state index is -0.193. The molecule has 1 aliphatic carbocycles. The van der Waals surface area contributed by atoms with Crippen molar-refractivity contribution in [2.24, 2.45) is 0 Å². The van der Waals surface area contributed by atoms with Crippen LogP contribution in [-0.2, 0) is 14.3 Å². The Morgan fingerprint density at radius 1 is 1.13 bits per heavy atom. The molecule has 0 unspecified atom stereocenters. The van der Waals surface area contributed by atoms with Gasteiger partial charge in [-0.25, -0.2) is 0 Å². The van der Waals surface area contributed by atoms with Crippen LogP contribution < -0.4 is 5.48 Å². The van der Waals surface area contributed by atoms with E-state index in [1.54, 1.807) is 0 Å². The lowest BCUT2D eigenvalue weighted by molar-refractivity contribution is -0.155. The smallest absolute Gasteiger partial charge is 0.172 e. The zero-order valence-corrected chi connectivity index (χ0v) is 9.83. The van der Waals surface area contributed by atoms with Crippen LogP contribution in [0.1, 0.15) is 39.5 Å². The van der Waals surface area contributed by atoms with Crippen LogP contribution in [0, 0.1) is 0 Å². The van der Waals surface area contributed by atoms with Gasteiger partial charge in [0.05, 0.1) is 12.6 Å². The summed E-state index contributed by atoms with van der Waals surface area (Å²) < 4.78 is 10.8. The molecule has 15 heavy (non-hydrogen) atoms. The first kappa shape index (κ1) is 12.9. The van der Waals surface area contributed by atoms with Crippen molar-refractivity contribution in [3.63, 3.8) is 0 Å². The molecule has 90 valence electrons. The molecule has 4 heteroatoms. The molecule has 0 amide bonds. The average molecular weight is 217 g/mol. The van der Waals surface area contributed by atoms with Gasteiger partial charge in [-0.05, 0) is 26.7 Å². The molecule has 0 aromatic heterocycles. The third kappa shape index (κ3) is 5.47. The van der Waals surface area contributed by atoms with E-state index in [1.165, 1.54) is 25.7 Å². The van der Waals surface area contributed by atoms with Gasteiger partial charge in [0.1, 0.15) is 0 Å². The lowest BCUT2D eigenvalue weighted by Gasteiger charge is -2.18. The van der Waals surface area contributed by atoms with E-state index in [-0.39, 0.29) is 6.29 Å². The lowest BCUT2D eigenvalue weighted by Crippen LogP contribution is -2.33. The Hall–Kier alpha value is -0.160. The fourth-order valence-electron chi connectivity index (χ4n) is 1.78. The number of nitrogens with one attached hydrogen (secondary N) is 1. The van der Waals surface area contributed by atoms with Crippen LogP contribution in [0.5, 0.6) is 0 Å². The topological polar surface area (TPSA) is 39.7 Å². The molecule has 1 aliphatic rings. The van der Waals surface area contributed by atoms with Gasteiger partial charge < -0.3 is 9.47 Å². The Labute approximate surface area is 92.2 Å². The highest BCUT2D eigenvalue weighted by Crippen LogP contribution is 2.19. The molecule has 1 fully saturated rings. The molecule has 0 radical (unpaired) electrons. The first-order valence-corrected chi connectivity index (χ1v) is 5.98. The van der Waals surface area contributed by atoms with Gasteiger partial charge in [0.15, 0.2) is 6.29 Å². The predicted molar refractivity (Wildman–Crippen MR) is 58.4 cm³/mol. The number of hydrogen-bond donors (Lipinski definition) is 1. The zero-order valence-electron chi connectivity index (χ0n) is 9.83. The van der Waals surface area contributed by atoms with Gasteiger partial charge in [0.25, 0.3) is 0 Å². The largest absolute Gasteiger partial charge is 0.351 e. The summed E-state index contributed by atoms with van der Waals surface area (Å²) in [6, 6.07) is 0. The maximum absolute atomic E-state index is 5.52. The van der Waals surface area contributed by atoms with Gasteiger partial charge in [0.2, 0.25) is 0 Å². The molecule has 0 bridgehead atoms. The van der Waals surface area contributed by atoms with E-state index in [4.69, 9.17) is 14.3 Å². The summed E-state index contributed by atoms with van der Waals surface area (Å²) in [7, 11) is 0. The molecule has 0 aromatic rings. The molecule has 0 aromatic carbocycles. The van der Waals surface area contributed by atoms with Crippen molar-refractivity contribution in [2.75, 3.05) is 19.8 Å². The third-order valence-corrected chi connectivity index (χ3v) is 2.51. The Balaban J connectivity index is 2.04. The predicted octanol–water partition coefficient (Wildman–Crippen LogP) is 1.85. The molecule has 0 atom stereocenters. The third-order valence-electron chi connectivity index (χ3n) is 2.51. The highest BCUT2D eigenvalue weighted by molar-refractivity contribution is 4.65. The molecule has 0 heterocycles. The summed E-state index contributed by atoms with van der Waals surface area (Å²) in [5, 5.41) is 0. The quantitative estimate of drug-likeness (QED) is 0.497. The molecule has 4 nitrogen and oxygen atoms in total. The van der Waals surface area contributed by atoms with Crippen LogP contribution in [0.25, 0.3) is 0 Å². The van der Waals surface area contributed by atoms with Crippen molar-refractivity contribution >= 4 is 0 Å². The van der Waals surface area contributed by atoms with Crippen LogP contribution in [0.4, 0.5) is 0 Å². The summed E-state index contributed by atoms with van der Waals surface area (Å²) in [5.74, 6) is 0. The summed E-state index contributed by atoms with van der Waals surface area (Å²) >= 11 is 0. The molecule has 0 spiro atoms. The average Bonchev–Trinajstić information content (AvgIpc) is 2.71. The van der Waals surface area contributed by atoms with Crippen molar-refractivity contribution < 1.29 is 14.3 Å². The normalized spacial score (nSPS) is 17.8. The SMILES string of the molecule is CCOC(CNOC1CCCC1)OCC. The van der Waals surface area contributed by atoms with Crippen molar-refractivity contribution in [2.45, 2.75) is 51.9 Å². The van der Waals surface area contributed by atoms with E-state index in [2.05, 4.69) is 5.48 Å². The van der Waals surface area contributed by atoms with Gasteiger partial charge in [0, 0.05) is 13.2 Å². The standard InChI is InChI=1S/C11H23NO3/c1-3-13-11(14-4-2)9-12-15-10-7-5-6-8-10/h10-12H,3-9H2,1-2H3. The minimum absolute atomic E-state index is 0.193. The molecule has 1 rings (SSSR count). The highest BCUT2D eigenvalue weighted by atomic mass is 16.7. The summed E-state index contributed by atoms with van der Waals surface area (Å²) in [4.78, 5) is 5.52. The van der Waals surface area contributed by atoms with Crippen molar-refractivity contribution in [1.29, 1.82) is 0 Å². The first-order chi connectivity index (χ1) is 7.36. The number of hydroxylamine groups is 1. The van der Waals surface area contributed by atoms with Crippen LogP contribution in [0.15, 0.2) is 0 Å². The molecule has 0 aliphatic heterocycles. The molecular weight excluding hydrogens is 194 g/mol. The van der Waals surface area contributed by atoms with E-state index < -0.39 is 0 Å². The van der Waals surface area contributed by atoms with Gasteiger partial charge in [-0.3, -0.25) is 4.84 Å². The van der Waals surface area contributed by atoms with Crippen LogP contribution in [-0.4, -0.2) is 32.2 Å². The Kier molecular flexibility index (Phi) is 6.92. The zero-order chi connectivity index (χ0) is 10.9.